The molecule has 6 rings (SSSR count). The van der Waals surface area contributed by atoms with Crippen molar-refractivity contribution in [1.29, 1.82) is 0 Å². The highest BCUT2D eigenvalue weighted by Crippen LogP contribution is 2.37. The summed E-state index contributed by atoms with van der Waals surface area (Å²) in [5.41, 5.74) is 1.12. The number of hydrogen-bond donors (Lipinski definition) is 1. The predicted molar refractivity (Wildman–Crippen MR) is 137 cm³/mol. The summed E-state index contributed by atoms with van der Waals surface area (Å²) in [6.45, 7) is 1.33. The highest BCUT2D eigenvalue weighted by molar-refractivity contribution is 6.06. The number of ether oxygens (including phenoxy) is 5. The number of rotatable bonds is 8. The number of nitrogens with zero attached hydrogens (tertiary/aromatic N) is 4. The molecule has 39 heavy (non-hydrogen) atoms. The quantitative estimate of drug-likeness (QED) is 0.455. The van der Waals surface area contributed by atoms with Crippen LogP contribution < -0.4 is 5.32 Å². The fraction of sp³-hybridized carbons (Fsp3) is 0.556. The lowest BCUT2D eigenvalue weighted by Crippen LogP contribution is -2.40. The average molecular weight is 542 g/mol. The summed E-state index contributed by atoms with van der Waals surface area (Å²) in [7, 11) is 0. The molecular weight excluding hydrogens is 509 g/mol. The van der Waals surface area contributed by atoms with Gasteiger partial charge in [-0.2, -0.15) is 0 Å². The highest BCUT2D eigenvalue weighted by Gasteiger charge is 2.49. The predicted octanol–water partition coefficient (Wildman–Crippen LogP) is 3.77. The fourth-order valence-corrected chi connectivity index (χ4v) is 5.15. The van der Waals surface area contributed by atoms with Gasteiger partial charge in [0.15, 0.2) is 42.0 Å². The van der Waals surface area contributed by atoms with E-state index in [1.807, 2.05) is 6.07 Å². The van der Waals surface area contributed by atoms with Crippen molar-refractivity contribution in [1.82, 2.24) is 19.5 Å². The van der Waals surface area contributed by atoms with Gasteiger partial charge in [0, 0.05) is 18.8 Å². The molecule has 3 fully saturated rings. The smallest absolute Gasteiger partial charge is 0.256 e. The van der Waals surface area contributed by atoms with Crippen molar-refractivity contribution in [2.45, 2.75) is 75.7 Å². The number of fused-ring (bicyclic) bond motifs is 1. The average Bonchev–Trinajstić information content (AvgIpc) is 3.55. The number of benzene rings is 1. The van der Waals surface area contributed by atoms with E-state index in [1.54, 1.807) is 24.3 Å². The summed E-state index contributed by atoms with van der Waals surface area (Å²) < 4.78 is 47.3. The number of amides is 1. The second-order valence-corrected chi connectivity index (χ2v) is 9.90. The molecule has 5 heterocycles. The first-order valence-corrected chi connectivity index (χ1v) is 13.5. The van der Waals surface area contributed by atoms with Gasteiger partial charge in [0.05, 0.1) is 12.9 Å². The Morgan fingerprint density at radius 2 is 1.79 bits per heavy atom. The molecule has 3 aliphatic heterocycles. The number of imidazole rings is 1. The Labute approximate surface area is 225 Å². The van der Waals surface area contributed by atoms with Gasteiger partial charge in [0.2, 0.25) is 0 Å². The minimum atomic E-state index is -1.55. The lowest BCUT2D eigenvalue weighted by molar-refractivity contribution is -0.220. The van der Waals surface area contributed by atoms with Crippen LogP contribution in [0.1, 0.15) is 55.1 Å². The normalized spacial score (nSPS) is 29.5. The van der Waals surface area contributed by atoms with Crippen molar-refractivity contribution in [3.05, 3.63) is 48.5 Å². The molecule has 3 aromatic rings. The SMILES string of the molecule is O=C(Nc1ncnc2c1ncn2C1OC(COC2CCCCO2)C(OC2CCCCO2)C1F)c1ccccc1. The first kappa shape index (κ1) is 26.2. The third kappa shape index (κ3) is 5.80. The summed E-state index contributed by atoms with van der Waals surface area (Å²) in [6, 6.07) is 8.77. The van der Waals surface area contributed by atoms with E-state index in [-0.39, 0.29) is 24.6 Å². The number of nitrogens with one attached hydrogen (secondary N) is 1. The van der Waals surface area contributed by atoms with E-state index in [0.29, 0.717) is 36.4 Å². The second-order valence-electron chi connectivity index (χ2n) is 9.90. The molecule has 6 unspecified atom stereocenters. The topological polar surface area (TPSA) is 119 Å². The Balaban J connectivity index is 1.22. The molecule has 6 atom stereocenters. The minimum absolute atomic E-state index is 0.110. The van der Waals surface area contributed by atoms with Gasteiger partial charge in [-0.05, 0) is 50.7 Å². The summed E-state index contributed by atoms with van der Waals surface area (Å²) >= 11 is 0. The van der Waals surface area contributed by atoms with Gasteiger partial charge in [0.1, 0.15) is 18.5 Å². The molecule has 0 bridgehead atoms. The van der Waals surface area contributed by atoms with Gasteiger partial charge in [-0.15, -0.1) is 0 Å². The molecule has 1 amide bonds. The molecule has 12 heteroatoms. The van der Waals surface area contributed by atoms with Crippen molar-refractivity contribution in [3.8, 4) is 0 Å². The molecule has 0 aliphatic carbocycles. The molecular formula is C27H32FN5O6. The summed E-state index contributed by atoms with van der Waals surface area (Å²) in [5, 5.41) is 2.77. The molecule has 208 valence electrons. The summed E-state index contributed by atoms with van der Waals surface area (Å²) in [4.78, 5) is 25.6. The van der Waals surface area contributed by atoms with E-state index in [2.05, 4.69) is 20.3 Å². The molecule has 2 aromatic heterocycles. The van der Waals surface area contributed by atoms with E-state index in [0.717, 1.165) is 32.1 Å². The largest absolute Gasteiger partial charge is 0.353 e. The lowest BCUT2D eigenvalue weighted by Gasteiger charge is -2.29. The third-order valence-corrected chi connectivity index (χ3v) is 7.20. The zero-order valence-electron chi connectivity index (χ0n) is 21.5. The van der Waals surface area contributed by atoms with Gasteiger partial charge >= 0.3 is 0 Å². The van der Waals surface area contributed by atoms with Crippen LogP contribution in [0.3, 0.4) is 0 Å². The zero-order valence-corrected chi connectivity index (χ0v) is 21.5. The monoisotopic (exact) mass is 541 g/mol. The van der Waals surface area contributed by atoms with Crippen LogP contribution in [0.2, 0.25) is 0 Å². The Hall–Kier alpha value is -3.03. The standard InChI is InChI=1S/C27H32FN5O6/c28-21-23(39-20-11-5-7-13-36-20)18(14-37-19-10-4-6-12-35-19)38-27(21)33-16-31-22-24(29-15-30-25(22)33)32-26(34)17-8-2-1-3-9-17/h1-3,8-9,15-16,18-21,23,27H,4-7,10-14H2,(H,29,30,32,34). The molecule has 1 N–H and O–H groups in total. The Kier molecular flexibility index (Phi) is 8.07. The molecule has 1 aromatic carbocycles. The van der Waals surface area contributed by atoms with Crippen LogP contribution >= 0.6 is 0 Å². The van der Waals surface area contributed by atoms with Crippen molar-refractivity contribution in [2.75, 3.05) is 25.1 Å². The van der Waals surface area contributed by atoms with E-state index in [1.165, 1.54) is 17.2 Å². The van der Waals surface area contributed by atoms with Crippen LogP contribution in [-0.4, -0.2) is 76.2 Å². The Morgan fingerprint density at radius 3 is 2.54 bits per heavy atom. The molecule has 11 nitrogen and oxygen atoms in total. The maximum Gasteiger partial charge on any atom is 0.256 e. The second kappa shape index (κ2) is 12.0. The number of halogens is 1. The van der Waals surface area contributed by atoms with Gasteiger partial charge in [-0.3, -0.25) is 9.36 Å². The van der Waals surface area contributed by atoms with Crippen LogP contribution in [0.25, 0.3) is 11.2 Å². The number of alkyl halides is 1. The highest BCUT2D eigenvalue weighted by atomic mass is 19.1. The lowest BCUT2D eigenvalue weighted by atomic mass is 10.1. The number of anilines is 1. The Bertz CT molecular complexity index is 1250. The van der Waals surface area contributed by atoms with Crippen molar-refractivity contribution in [3.63, 3.8) is 0 Å². The van der Waals surface area contributed by atoms with E-state index < -0.39 is 30.9 Å². The maximum absolute atomic E-state index is 16.1. The summed E-state index contributed by atoms with van der Waals surface area (Å²) in [5.74, 6) is -0.118. The fourth-order valence-electron chi connectivity index (χ4n) is 5.15. The van der Waals surface area contributed by atoms with E-state index in [9.17, 15) is 4.79 Å². The number of carbonyl (C=O) groups excluding carboxylic acids is 1. The molecule has 3 saturated heterocycles. The maximum atomic E-state index is 16.1. The van der Waals surface area contributed by atoms with Gasteiger partial charge in [0.25, 0.3) is 5.91 Å². The van der Waals surface area contributed by atoms with Crippen molar-refractivity contribution in [2.24, 2.45) is 0 Å². The Morgan fingerprint density at radius 1 is 1.03 bits per heavy atom. The van der Waals surface area contributed by atoms with Gasteiger partial charge in [-0.1, -0.05) is 18.2 Å². The molecule has 0 saturated carbocycles. The van der Waals surface area contributed by atoms with E-state index in [4.69, 9.17) is 23.7 Å². The zero-order chi connectivity index (χ0) is 26.6. The number of aromatic nitrogens is 4. The van der Waals surface area contributed by atoms with E-state index >= 15 is 4.39 Å². The van der Waals surface area contributed by atoms with Crippen molar-refractivity contribution < 1.29 is 32.9 Å². The van der Waals surface area contributed by atoms with Crippen molar-refractivity contribution >= 4 is 22.9 Å². The third-order valence-electron chi connectivity index (χ3n) is 7.20. The number of hydrogen-bond acceptors (Lipinski definition) is 9. The van der Waals surface area contributed by atoms with Crippen LogP contribution in [0, 0.1) is 0 Å². The minimum Gasteiger partial charge on any atom is -0.353 e. The van der Waals surface area contributed by atoms with Gasteiger partial charge in [-0.25, -0.2) is 19.3 Å². The van der Waals surface area contributed by atoms with Gasteiger partial charge < -0.3 is 29.0 Å². The van der Waals surface area contributed by atoms with Crippen LogP contribution in [0.15, 0.2) is 43.0 Å². The first-order chi connectivity index (χ1) is 19.2. The molecule has 0 spiro atoms. The molecule has 0 radical (unpaired) electrons. The van der Waals surface area contributed by atoms with Crippen LogP contribution in [0.5, 0.6) is 0 Å². The summed E-state index contributed by atoms with van der Waals surface area (Å²) in [6.07, 6.45) is 3.07. The van der Waals surface area contributed by atoms with Crippen LogP contribution in [-0.2, 0) is 23.7 Å². The first-order valence-electron chi connectivity index (χ1n) is 13.5. The van der Waals surface area contributed by atoms with Crippen LogP contribution in [0.4, 0.5) is 10.2 Å². The number of carbonyl (C=O) groups is 1. The molecule has 3 aliphatic rings.